The maximum absolute atomic E-state index is 11.9. The summed E-state index contributed by atoms with van der Waals surface area (Å²) in [5.74, 6) is 0.0819. The standard InChI is InChI=1S/C16H24N2O4/c1-10-6-8-18(9-7-10)12(3)13-4-5-14(22-13)15(19)17-11(2)16(20)21/h4-5,10-12H,6-9H2,1-3H3,(H,17,19)(H,20,21). The molecule has 2 heterocycles. The molecule has 2 rings (SSSR count). The van der Waals surface area contributed by atoms with Crippen molar-refractivity contribution in [2.75, 3.05) is 13.1 Å². The molecular weight excluding hydrogens is 284 g/mol. The molecule has 0 aliphatic carbocycles. The molecule has 1 aliphatic rings. The summed E-state index contributed by atoms with van der Waals surface area (Å²) < 4.78 is 5.62. The van der Waals surface area contributed by atoms with Crippen LogP contribution >= 0.6 is 0 Å². The number of carboxylic acids is 1. The average Bonchev–Trinajstić information content (AvgIpc) is 2.97. The number of aliphatic carboxylic acids is 1. The molecule has 2 atom stereocenters. The minimum atomic E-state index is -1.07. The summed E-state index contributed by atoms with van der Waals surface area (Å²) in [7, 11) is 0. The molecule has 6 heteroatoms. The van der Waals surface area contributed by atoms with E-state index in [-0.39, 0.29) is 11.8 Å². The van der Waals surface area contributed by atoms with Crippen LogP contribution in [-0.2, 0) is 4.79 Å². The number of hydrogen-bond acceptors (Lipinski definition) is 4. The lowest BCUT2D eigenvalue weighted by atomic mass is 9.98. The predicted molar refractivity (Wildman–Crippen MR) is 81.7 cm³/mol. The summed E-state index contributed by atoms with van der Waals surface area (Å²) in [4.78, 5) is 25.0. The zero-order chi connectivity index (χ0) is 16.3. The summed E-state index contributed by atoms with van der Waals surface area (Å²) in [5.41, 5.74) is 0. The molecule has 6 nitrogen and oxygen atoms in total. The van der Waals surface area contributed by atoms with Crippen LogP contribution in [0.1, 0.15) is 56.0 Å². The first kappa shape index (κ1) is 16.5. The van der Waals surface area contributed by atoms with Gasteiger partial charge in [-0.1, -0.05) is 6.92 Å². The van der Waals surface area contributed by atoms with Crippen molar-refractivity contribution in [1.29, 1.82) is 0 Å². The lowest BCUT2D eigenvalue weighted by Crippen LogP contribution is -2.38. The molecule has 22 heavy (non-hydrogen) atoms. The molecule has 1 aromatic heterocycles. The molecular formula is C16H24N2O4. The fraction of sp³-hybridized carbons (Fsp3) is 0.625. The zero-order valence-electron chi connectivity index (χ0n) is 13.3. The maximum atomic E-state index is 11.9. The van der Waals surface area contributed by atoms with Crippen LogP contribution in [-0.4, -0.2) is 41.0 Å². The summed E-state index contributed by atoms with van der Waals surface area (Å²) in [6, 6.07) is 2.57. The molecule has 0 radical (unpaired) electrons. The van der Waals surface area contributed by atoms with E-state index in [9.17, 15) is 9.59 Å². The van der Waals surface area contributed by atoms with Gasteiger partial charge in [-0.2, -0.15) is 0 Å². The van der Waals surface area contributed by atoms with E-state index in [0.29, 0.717) is 0 Å². The second kappa shape index (κ2) is 6.96. The van der Waals surface area contributed by atoms with Gasteiger partial charge >= 0.3 is 5.97 Å². The van der Waals surface area contributed by atoms with E-state index in [0.717, 1.165) is 24.8 Å². The predicted octanol–water partition coefficient (Wildman–Crippen LogP) is 2.28. The van der Waals surface area contributed by atoms with Gasteiger partial charge in [0.15, 0.2) is 5.76 Å². The number of piperidine rings is 1. The Labute approximate surface area is 130 Å². The van der Waals surface area contributed by atoms with Gasteiger partial charge in [-0.3, -0.25) is 14.5 Å². The monoisotopic (exact) mass is 308 g/mol. The van der Waals surface area contributed by atoms with Gasteiger partial charge < -0.3 is 14.8 Å². The molecule has 1 fully saturated rings. The highest BCUT2D eigenvalue weighted by Gasteiger charge is 2.25. The van der Waals surface area contributed by atoms with Gasteiger partial charge in [0.2, 0.25) is 0 Å². The number of carbonyl (C=O) groups excluding carboxylic acids is 1. The summed E-state index contributed by atoms with van der Waals surface area (Å²) in [5, 5.41) is 11.2. The van der Waals surface area contributed by atoms with E-state index in [1.54, 1.807) is 12.1 Å². The Morgan fingerprint density at radius 3 is 2.55 bits per heavy atom. The van der Waals surface area contributed by atoms with Crippen LogP contribution in [0.4, 0.5) is 0 Å². The van der Waals surface area contributed by atoms with Crippen LogP contribution in [0.25, 0.3) is 0 Å². The smallest absolute Gasteiger partial charge is 0.325 e. The molecule has 0 aromatic carbocycles. The fourth-order valence-corrected chi connectivity index (χ4v) is 2.62. The van der Waals surface area contributed by atoms with E-state index in [2.05, 4.69) is 24.1 Å². The number of furan rings is 1. The van der Waals surface area contributed by atoms with Crippen LogP contribution in [0.15, 0.2) is 16.5 Å². The third-order valence-corrected chi connectivity index (χ3v) is 4.35. The number of rotatable bonds is 5. The van der Waals surface area contributed by atoms with Crippen molar-refractivity contribution in [3.8, 4) is 0 Å². The molecule has 122 valence electrons. The fourth-order valence-electron chi connectivity index (χ4n) is 2.62. The highest BCUT2D eigenvalue weighted by molar-refractivity contribution is 5.94. The van der Waals surface area contributed by atoms with Crippen LogP contribution in [0.5, 0.6) is 0 Å². The molecule has 0 spiro atoms. The number of amides is 1. The van der Waals surface area contributed by atoms with Crippen molar-refractivity contribution < 1.29 is 19.1 Å². The quantitative estimate of drug-likeness (QED) is 0.872. The first-order valence-electron chi connectivity index (χ1n) is 7.76. The van der Waals surface area contributed by atoms with Crippen molar-refractivity contribution in [2.45, 2.75) is 45.7 Å². The van der Waals surface area contributed by atoms with Gasteiger partial charge in [-0.25, -0.2) is 0 Å². The summed E-state index contributed by atoms with van der Waals surface area (Å²) in [6.07, 6.45) is 2.35. The van der Waals surface area contributed by atoms with Gasteiger partial charge in [0, 0.05) is 0 Å². The number of carbonyl (C=O) groups is 2. The third kappa shape index (κ3) is 3.88. The van der Waals surface area contributed by atoms with Crippen LogP contribution in [0, 0.1) is 5.92 Å². The molecule has 0 bridgehead atoms. The van der Waals surface area contributed by atoms with Crippen molar-refractivity contribution in [3.05, 3.63) is 23.7 Å². The Kier molecular flexibility index (Phi) is 5.24. The first-order chi connectivity index (χ1) is 10.4. The van der Waals surface area contributed by atoms with Gasteiger partial charge in [0.05, 0.1) is 6.04 Å². The summed E-state index contributed by atoms with van der Waals surface area (Å²) in [6.45, 7) is 7.81. The van der Waals surface area contributed by atoms with Crippen molar-refractivity contribution in [3.63, 3.8) is 0 Å². The number of likely N-dealkylation sites (tertiary alicyclic amines) is 1. The van der Waals surface area contributed by atoms with Crippen molar-refractivity contribution >= 4 is 11.9 Å². The largest absolute Gasteiger partial charge is 0.480 e. The number of hydrogen-bond donors (Lipinski definition) is 2. The van der Waals surface area contributed by atoms with E-state index in [4.69, 9.17) is 9.52 Å². The summed E-state index contributed by atoms with van der Waals surface area (Å²) >= 11 is 0. The lowest BCUT2D eigenvalue weighted by Gasteiger charge is -2.33. The Hall–Kier alpha value is -1.82. The number of carboxylic acid groups (broad SMARTS) is 1. The second-order valence-corrected chi connectivity index (χ2v) is 6.13. The third-order valence-electron chi connectivity index (χ3n) is 4.35. The topological polar surface area (TPSA) is 82.8 Å². The van der Waals surface area contributed by atoms with Crippen molar-refractivity contribution in [2.24, 2.45) is 5.92 Å². The zero-order valence-corrected chi connectivity index (χ0v) is 13.3. The molecule has 2 unspecified atom stereocenters. The molecule has 2 N–H and O–H groups in total. The molecule has 1 aromatic rings. The van der Waals surface area contributed by atoms with Crippen LogP contribution in [0.3, 0.4) is 0 Å². The minimum Gasteiger partial charge on any atom is -0.480 e. The average molecular weight is 308 g/mol. The number of nitrogens with one attached hydrogen (secondary N) is 1. The van der Waals surface area contributed by atoms with E-state index in [1.165, 1.54) is 19.8 Å². The van der Waals surface area contributed by atoms with E-state index in [1.807, 2.05) is 0 Å². The van der Waals surface area contributed by atoms with E-state index >= 15 is 0 Å². The Balaban J connectivity index is 1.98. The highest BCUT2D eigenvalue weighted by atomic mass is 16.4. The van der Waals surface area contributed by atoms with Crippen LogP contribution < -0.4 is 5.32 Å². The molecule has 1 amide bonds. The van der Waals surface area contributed by atoms with Crippen LogP contribution in [0.2, 0.25) is 0 Å². The minimum absolute atomic E-state index is 0.117. The molecule has 1 saturated heterocycles. The van der Waals surface area contributed by atoms with Gasteiger partial charge in [0.1, 0.15) is 11.8 Å². The Morgan fingerprint density at radius 1 is 1.32 bits per heavy atom. The number of nitrogens with zero attached hydrogens (tertiary/aromatic N) is 1. The Bertz CT molecular complexity index is 532. The van der Waals surface area contributed by atoms with Crippen molar-refractivity contribution in [1.82, 2.24) is 10.2 Å². The lowest BCUT2D eigenvalue weighted by molar-refractivity contribution is -0.138. The SMILES string of the molecule is CC1CCN(C(C)c2ccc(C(=O)NC(C)C(=O)O)o2)CC1. The van der Waals surface area contributed by atoms with Gasteiger partial charge in [0.25, 0.3) is 5.91 Å². The maximum Gasteiger partial charge on any atom is 0.325 e. The highest BCUT2D eigenvalue weighted by Crippen LogP contribution is 2.27. The van der Waals surface area contributed by atoms with Gasteiger partial charge in [-0.05, 0) is 57.8 Å². The Morgan fingerprint density at radius 2 is 1.95 bits per heavy atom. The second-order valence-electron chi connectivity index (χ2n) is 6.13. The molecule has 0 saturated carbocycles. The first-order valence-corrected chi connectivity index (χ1v) is 7.76. The normalized spacial score (nSPS) is 19.6. The van der Waals surface area contributed by atoms with Gasteiger partial charge in [-0.15, -0.1) is 0 Å². The van der Waals surface area contributed by atoms with E-state index < -0.39 is 17.9 Å². The molecule has 1 aliphatic heterocycles.